The van der Waals surface area contributed by atoms with E-state index in [-0.39, 0.29) is 0 Å². The molecular weight excluding hydrogens is 428 g/mol. The van der Waals surface area contributed by atoms with Crippen molar-refractivity contribution in [3.63, 3.8) is 0 Å². The molecule has 7 heteroatoms. The molecule has 6 nitrogen and oxygen atoms in total. The molecule has 4 aromatic rings. The Hall–Kier alpha value is -3.29. The predicted molar refractivity (Wildman–Crippen MR) is 139 cm³/mol. The number of aryl methyl sites for hydroxylation is 1. The molecule has 0 spiro atoms. The summed E-state index contributed by atoms with van der Waals surface area (Å²) in [6.45, 7) is 3.76. The molecule has 0 amide bonds. The second-order valence-electron chi connectivity index (χ2n) is 8.43. The molecule has 1 aliphatic heterocycles. The van der Waals surface area contributed by atoms with Gasteiger partial charge < -0.3 is 16.0 Å². The summed E-state index contributed by atoms with van der Waals surface area (Å²) in [5, 5.41) is 3.88. The predicted octanol–water partition coefficient (Wildman–Crippen LogP) is 5.61. The van der Waals surface area contributed by atoms with Crippen molar-refractivity contribution in [1.82, 2.24) is 19.9 Å². The fourth-order valence-electron chi connectivity index (χ4n) is 4.14. The summed E-state index contributed by atoms with van der Waals surface area (Å²) in [6.07, 6.45) is 12.8. The Morgan fingerprint density at radius 1 is 0.970 bits per heavy atom. The number of nitrogen functional groups attached to an aromatic ring is 1. The zero-order chi connectivity index (χ0) is 22.5. The van der Waals surface area contributed by atoms with E-state index in [9.17, 15) is 0 Å². The third-order valence-corrected chi connectivity index (χ3v) is 6.76. The van der Waals surface area contributed by atoms with Crippen LogP contribution in [0.1, 0.15) is 36.0 Å². The van der Waals surface area contributed by atoms with Crippen LogP contribution in [0.5, 0.6) is 0 Å². The maximum Gasteiger partial charge on any atom is 0.227 e. The van der Waals surface area contributed by atoms with E-state index in [0.29, 0.717) is 11.1 Å². The molecule has 0 atom stereocenters. The first-order valence-corrected chi connectivity index (χ1v) is 12.3. The first-order valence-electron chi connectivity index (χ1n) is 11.5. The fraction of sp³-hybridized carbons (Fsp3) is 0.269. The highest BCUT2D eigenvalue weighted by molar-refractivity contribution is 7.22. The highest BCUT2D eigenvalue weighted by Gasteiger charge is 2.10. The molecule has 5 rings (SSSR count). The van der Waals surface area contributed by atoms with Gasteiger partial charge in [0, 0.05) is 23.6 Å². The molecule has 3 heterocycles. The van der Waals surface area contributed by atoms with Crippen molar-refractivity contribution < 1.29 is 0 Å². The van der Waals surface area contributed by atoms with Gasteiger partial charge in [-0.3, -0.25) is 0 Å². The van der Waals surface area contributed by atoms with Gasteiger partial charge in [0.1, 0.15) is 0 Å². The second-order valence-corrected chi connectivity index (χ2v) is 9.49. The van der Waals surface area contributed by atoms with E-state index in [1.54, 1.807) is 0 Å². The van der Waals surface area contributed by atoms with Crippen LogP contribution in [-0.4, -0.2) is 39.5 Å². The molecule has 0 radical (unpaired) electrons. The Labute approximate surface area is 198 Å². The molecule has 1 aliphatic rings. The van der Waals surface area contributed by atoms with Crippen LogP contribution in [0.2, 0.25) is 0 Å². The largest absolute Gasteiger partial charge is 0.375 e. The molecule has 0 bridgehead atoms. The molecule has 3 N–H and O–H groups in total. The van der Waals surface area contributed by atoms with Crippen molar-refractivity contribution in [2.24, 2.45) is 0 Å². The molecule has 2 aromatic heterocycles. The van der Waals surface area contributed by atoms with E-state index in [2.05, 4.69) is 55.5 Å². The van der Waals surface area contributed by atoms with E-state index in [1.165, 1.54) is 55.8 Å². The lowest BCUT2D eigenvalue weighted by Crippen LogP contribution is -2.20. The van der Waals surface area contributed by atoms with Crippen LogP contribution >= 0.6 is 11.3 Å². The second kappa shape index (κ2) is 10.1. The number of hydrogen-bond donors (Lipinski definition) is 2. The molecule has 168 valence electrons. The van der Waals surface area contributed by atoms with Crippen molar-refractivity contribution in [2.75, 3.05) is 30.7 Å². The number of nitrogens with one attached hydrogen (secondary N) is 1. The van der Waals surface area contributed by atoms with Crippen LogP contribution in [0, 0.1) is 0 Å². The number of likely N-dealkylation sites (tertiary alicyclic amines) is 1. The Balaban J connectivity index is 1.14. The fourth-order valence-corrected chi connectivity index (χ4v) is 4.92. The number of nitrogens with zero attached hydrogens (tertiary/aromatic N) is 4. The Bertz CT molecular complexity index is 1220. The normalized spacial score (nSPS) is 14.4. The van der Waals surface area contributed by atoms with Gasteiger partial charge in [0.2, 0.25) is 5.95 Å². The van der Waals surface area contributed by atoms with Crippen molar-refractivity contribution >= 4 is 50.5 Å². The maximum atomic E-state index is 5.79. The van der Waals surface area contributed by atoms with Gasteiger partial charge in [0.25, 0.3) is 0 Å². The topological polar surface area (TPSA) is 80.0 Å². The first-order chi connectivity index (χ1) is 16.2. The highest BCUT2D eigenvalue weighted by Crippen LogP contribution is 2.25. The summed E-state index contributed by atoms with van der Waals surface area (Å²) in [4.78, 5) is 15.8. The third kappa shape index (κ3) is 5.74. The summed E-state index contributed by atoms with van der Waals surface area (Å²) < 4.78 is 1.09. The Morgan fingerprint density at radius 3 is 2.52 bits per heavy atom. The molecule has 2 aromatic carbocycles. The zero-order valence-electron chi connectivity index (χ0n) is 18.6. The minimum Gasteiger partial charge on any atom is -0.375 e. The average Bonchev–Trinajstić information content (AvgIpc) is 3.48. The summed E-state index contributed by atoms with van der Waals surface area (Å²) >= 11 is 1.50. The molecule has 0 unspecified atom stereocenters. The van der Waals surface area contributed by atoms with Crippen LogP contribution in [0.25, 0.3) is 22.4 Å². The van der Waals surface area contributed by atoms with Crippen molar-refractivity contribution in [3.8, 4) is 0 Å². The first kappa shape index (κ1) is 21.6. The van der Waals surface area contributed by atoms with E-state index in [4.69, 9.17) is 5.73 Å². The average molecular weight is 457 g/mol. The van der Waals surface area contributed by atoms with Gasteiger partial charge in [-0.1, -0.05) is 41.7 Å². The number of fused-ring (bicyclic) bond motifs is 1. The van der Waals surface area contributed by atoms with Gasteiger partial charge >= 0.3 is 0 Å². The lowest BCUT2D eigenvalue weighted by atomic mass is 10.1. The minimum atomic E-state index is 0.592. The van der Waals surface area contributed by atoms with Crippen molar-refractivity contribution in [1.29, 1.82) is 0 Å². The lowest BCUT2D eigenvalue weighted by molar-refractivity contribution is 0.334. The highest BCUT2D eigenvalue weighted by atomic mass is 32.1. The van der Waals surface area contributed by atoms with Crippen molar-refractivity contribution in [3.05, 3.63) is 71.5 Å². The number of nitrogens with two attached hydrogens (primary N) is 1. The quantitative estimate of drug-likeness (QED) is 0.359. The zero-order valence-corrected chi connectivity index (χ0v) is 19.4. The van der Waals surface area contributed by atoms with Gasteiger partial charge in [-0.05, 0) is 80.7 Å². The molecular formula is C26H28N6S. The summed E-state index contributed by atoms with van der Waals surface area (Å²) in [5.41, 5.74) is 11.1. The van der Waals surface area contributed by atoms with Crippen LogP contribution in [-0.2, 0) is 6.42 Å². The van der Waals surface area contributed by atoms with Gasteiger partial charge in [0.05, 0.1) is 10.2 Å². The Morgan fingerprint density at radius 2 is 1.73 bits per heavy atom. The number of rotatable bonds is 8. The third-order valence-electron chi connectivity index (χ3n) is 5.92. The number of anilines is 3. The lowest BCUT2D eigenvalue weighted by Gasteiger charge is -2.14. The number of hydrogen-bond acceptors (Lipinski definition) is 7. The van der Waals surface area contributed by atoms with Crippen LogP contribution in [0.4, 0.5) is 16.8 Å². The summed E-state index contributed by atoms with van der Waals surface area (Å²) in [6, 6.07) is 14.7. The van der Waals surface area contributed by atoms with Crippen LogP contribution < -0.4 is 11.1 Å². The van der Waals surface area contributed by atoms with Crippen molar-refractivity contribution in [2.45, 2.75) is 25.7 Å². The molecule has 1 saturated heterocycles. The number of aromatic nitrogens is 3. The van der Waals surface area contributed by atoms with Gasteiger partial charge in [-0.2, -0.15) is 0 Å². The van der Waals surface area contributed by atoms with E-state index in [0.717, 1.165) is 33.5 Å². The SMILES string of the molecule is Nc1nc2ccc(C=Cc3cnc(Nc4ccc(CCCN5CCCC5)cc4)nc3)cc2s1. The molecule has 0 saturated carbocycles. The van der Waals surface area contributed by atoms with E-state index in [1.807, 2.05) is 36.7 Å². The minimum absolute atomic E-state index is 0.592. The summed E-state index contributed by atoms with van der Waals surface area (Å²) in [7, 11) is 0. The van der Waals surface area contributed by atoms with Gasteiger partial charge in [0.15, 0.2) is 5.13 Å². The van der Waals surface area contributed by atoms with E-state index >= 15 is 0 Å². The Kier molecular flexibility index (Phi) is 6.60. The van der Waals surface area contributed by atoms with Gasteiger partial charge in [-0.15, -0.1) is 0 Å². The smallest absolute Gasteiger partial charge is 0.227 e. The van der Waals surface area contributed by atoms with Crippen LogP contribution in [0.3, 0.4) is 0 Å². The van der Waals surface area contributed by atoms with E-state index < -0.39 is 0 Å². The summed E-state index contributed by atoms with van der Waals surface area (Å²) in [5.74, 6) is 0.593. The molecule has 33 heavy (non-hydrogen) atoms. The van der Waals surface area contributed by atoms with Gasteiger partial charge in [-0.25, -0.2) is 15.0 Å². The number of benzene rings is 2. The molecule has 0 aliphatic carbocycles. The standard InChI is InChI=1S/C26H28N6S/c27-25-31-23-12-9-20(16-24(23)33-25)5-6-21-17-28-26(29-18-21)30-22-10-7-19(8-11-22)4-3-15-32-13-1-2-14-32/h5-12,16-18H,1-4,13-15H2,(H2,27,31)(H,28,29,30). The maximum absolute atomic E-state index is 5.79. The number of thiazole rings is 1. The van der Waals surface area contributed by atoms with Crippen LogP contribution in [0.15, 0.2) is 54.9 Å². The molecule has 1 fully saturated rings. The monoisotopic (exact) mass is 456 g/mol.